The Morgan fingerprint density at radius 3 is 2.68 bits per heavy atom. The van der Waals surface area contributed by atoms with Gasteiger partial charge in [0, 0.05) is 6.04 Å². The van der Waals surface area contributed by atoms with Gasteiger partial charge in [-0.25, -0.2) is 0 Å². The number of amides is 1. The van der Waals surface area contributed by atoms with Crippen molar-refractivity contribution in [2.24, 2.45) is 4.99 Å². The van der Waals surface area contributed by atoms with Crippen LogP contribution in [-0.4, -0.2) is 32.8 Å². The molecule has 0 atom stereocenters. The molecule has 0 bridgehead atoms. The van der Waals surface area contributed by atoms with Crippen LogP contribution in [0.4, 0.5) is 0 Å². The first-order valence-electron chi connectivity index (χ1n) is 10.8. The van der Waals surface area contributed by atoms with Crippen LogP contribution in [0, 0.1) is 6.92 Å². The summed E-state index contributed by atoms with van der Waals surface area (Å²) >= 11 is 1.41. The van der Waals surface area contributed by atoms with E-state index in [1.165, 1.54) is 16.9 Å². The van der Waals surface area contributed by atoms with Crippen LogP contribution in [0.2, 0.25) is 0 Å². The Kier molecular flexibility index (Phi) is 7.43. The normalized spacial score (nSPS) is 12.1. The van der Waals surface area contributed by atoms with Gasteiger partial charge in [-0.1, -0.05) is 30.7 Å². The Hall–Kier alpha value is -2.74. The molecule has 8 heteroatoms. The Morgan fingerprint density at radius 1 is 1.23 bits per heavy atom. The molecule has 0 unspecified atom stereocenters. The number of esters is 1. The average molecular weight is 443 g/mol. The largest absolute Gasteiger partial charge is 0.465 e. The number of benzene rings is 1. The number of ether oxygens (including phenoxy) is 1. The van der Waals surface area contributed by atoms with Crippen molar-refractivity contribution in [3.05, 3.63) is 46.0 Å². The number of aryl methyl sites for hydroxylation is 2. The Bertz CT molecular complexity index is 1150. The van der Waals surface area contributed by atoms with Gasteiger partial charge in [0.05, 0.1) is 22.5 Å². The number of carbonyl (C=O) groups is 2. The maximum Gasteiger partial charge on any atom is 0.326 e. The minimum absolute atomic E-state index is 0.0106. The average Bonchev–Trinajstić information content (AvgIpc) is 3.27. The minimum Gasteiger partial charge on any atom is -0.465 e. The zero-order chi connectivity index (χ0) is 22.5. The van der Waals surface area contributed by atoms with Crippen LogP contribution in [0.3, 0.4) is 0 Å². The van der Waals surface area contributed by atoms with Gasteiger partial charge in [0.15, 0.2) is 4.80 Å². The first-order chi connectivity index (χ1) is 14.8. The molecule has 2 aromatic heterocycles. The predicted octanol–water partition coefficient (Wildman–Crippen LogP) is 4.44. The number of nitrogens with zero attached hydrogens (tertiary/aromatic N) is 4. The number of hydrogen-bond donors (Lipinski definition) is 0. The second kappa shape index (κ2) is 10.0. The SMILES string of the molecule is CCCCc1ccc2c(c1)sc(=NC(=O)c1cc(C)nn1C(C)C)n2CC(=O)OCC. The van der Waals surface area contributed by atoms with Gasteiger partial charge in [-0.15, -0.1) is 0 Å². The molecule has 0 saturated carbocycles. The topological polar surface area (TPSA) is 78.5 Å². The molecule has 3 rings (SSSR count). The van der Waals surface area contributed by atoms with Gasteiger partial charge in [-0.05, 0) is 64.3 Å². The summed E-state index contributed by atoms with van der Waals surface area (Å²) in [5.41, 5.74) is 3.32. The van der Waals surface area contributed by atoms with Crippen molar-refractivity contribution in [1.82, 2.24) is 14.3 Å². The van der Waals surface area contributed by atoms with Crippen molar-refractivity contribution in [3.8, 4) is 0 Å². The van der Waals surface area contributed by atoms with E-state index in [0.29, 0.717) is 17.1 Å². The lowest BCUT2D eigenvalue weighted by molar-refractivity contribution is -0.143. The molecular weight excluding hydrogens is 412 g/mol. The summed E-state index contributed by atoms with van der Waals surface area (Å²) in [4.78, 5) is 30.2. The quantitative estimate of drug-likeness (QED) is 0.483. The number of rotatable bonds is 8. The molecule has 0 radical (unpaired) electrons. The molecule has 2 heterocycles. The van der Waals surface area contributed by atoms with Gasteiger partial charge in [0.1, 0.15) is 12.2 Å². The zero-order valence-corrected chi connectivity index (χ0v) is 19.7. The van der Waals surface area contributed by atoms with Gasteiger partial charge in [0.25, 0.3) is 5.91 Å². The minimum atomic E-state index is -0.371. The van der Waals surface area contributed by atoms with Crippen molar-refractivity contribution in [2.45, 2.75) is 66.5 Å². The van der Waals surface area contributed by atoms with Gasteiger partial charge >= 0.3 is 5.97 Å². The standard InChI is InChI=1S/C23H30N4O3S/c1-6-8-9-17-10-11-18-20(13-17)31-23(26(18)14-21(28)30-7-2)24-22(29)19-12-16(5)25-27(19)15(3)4/h10-13,15H,6-9,14H2,1-5H3. The molecule has 31 heavy (non-hydrogen) atoms. The van der Waals surface area contributed by atoms with E-state index in [1.54, 1.807) is 22.2 Å². The third kappa shape index (κ3) is 5.31. The Morgan fingerprint density at radius 2 is 2.00 bits per heavy atom. The predicted molar refractivity (Wildman–Crippen MR) is 122 cm³/mol. The van der Waals surface area contributed by atoms with Crippen LogP contribution in [0.25, 0.3) is 10.2 Å². The summed E-state index contributed by atoms with van der Waals surface area (Å²) < 4.78 is 9.60. The van der Waals surface area contributed by atoms with E-state index in [-0.39, 0.29) is 24.5 Å². The van der Waals surface area contributed by atoms with E-state index in [4.69, 9.17) is 4.74 Å². The second-order valence-corrected chi connectivity index (χ2v) is 8.82. The third-order valence-electron chi connectivity index (χ3n) is 4.92. The van der Waals surface area contributed by atoms with E-state index < -0.39 is 0 Å². The van der Waals surface area contributed by atoms with E-state index in [0.717, 1.165) is 35.2 Å². The maximum atomic E-state index is 13.1. The molecule has 3 aromatic rings. The molecule has 7 nitrogen and oxygen atoms in total. The fourth-order valence-corrected chi connectivity index (χ4v) is 4.53. The summed E-state index contributed by atoms with van der Waals surface area (Å²) in [6.07, 6.45) is 3.25. The highest BCUT2D eigenvalue weighted by Crippen LogP contribution is 2.21. The zero-order valence-electron chi connectivity index (χ0n) is 18.8. The fraction of sp³-hybridized carbons (Fsp3) is 0.478. The van der Waals surface area contributed by atoms with Crippen LogP contribution in [0.15, 0.2) is 29.3 Å². The van der Waals surface area contributed by atoms with Crippen molar-refractivity contribution in [3.63, 3.8) is 0 Å². The van der Waals surface area contributed by atoms with Crippen molar-refractivity contribution >= 4 is 33.4 Å². The van der Waals surface area contributed by atoms with Crippen LogP contribution in [-0.2, 0) is 22.5 Å². The molecule has 0 aliphatic heterocycles. The third-order valence-corrected chi connectivity index (χ3v) is 5.96. The second-order valence-electron chi connectivity index (χ2n) is 7.81. The molecular formula is C23H30N4O3S. The molecule has 0 aliphatic carbocycles. The summed E-state index contributed by atoms with van der Waals surface area (Å²) in [6.45, 7) is 10.1. The van der Waals surface area contributed by atoms with Gasteiger partial charge < -0.3 is 9.30 Å². The van der Waals surface area contributed by atoms with Crippen LogP contribution in [0.5, 0.6) is 0 Å². The Labute approximate surface area is 186 Å². The number of carbonyl (C=O) groups excluding carboxylic acids is 2. The monoisotopic (exact) mass is 442 g/mol. The summed E-state index contributed by atoms with van der Waals surface area (Å²) in [6, 6.07) is 8.00. The first kappa shape index (κ1) is 22.9. The smallest absolute Gasteiger partial charge is 0.326 e. The van der Waals surface area contributed by atoms with Crippen molar-refractivity contribution < 1.29 is 14.3 Å². The lowest BCUT2D eigenvalue weighted by Crippen LogP contribution is -2.23. The number of fused-ring (bicyclic) bond motifs is 1. The fourth-order valence-electron chi connectivity index (χ4n) is 3.44. The van der Waals surface area contributed by atoms with E-state index in [2.05, 4.69) is 29.1 Å². The van der Waals surface area contributed by atoms with Crippen molar-refractivity contribution in [2.75, 3.05) is 6.61 Å². The maximum absolute atomic E-state index is 13.1. The molecule has 0 N–H and O–H groups in total. The van der Waals surface area contributed by atoms with Gasteiger partial charge in [-0.2, -0.15) is 10.1 Å². The molecule has 166 valence electrons. The summed E-state index contributed by atoms with van der Waals surface area (Å²) in [5.74, 6) is -0.723. The molecule has 0 saturated heterocycles. The highest BCUT2D eigenvalue weighted by Gasteiger charge is 2.17. The van der Waals surface area contributed by atoms with E-state index in [1.807, 2.05) is 26.8 Å². The summed E-state index contributed by atoms with van der Waals surface area (Å²) in [7, 11) is 0. The van der Waals surface area contributed by atoms with Crippen molar-refractivity contribution in [1.29, 1.82) is 0 Å². The molecule has 0 fully saturated rings. The van der Waals surface area contributed by atoms with E-state index >= 15 is 0 Å². The van der Waals surface area contributed by atoms with Gasteiger partial charge in [-0.3, -0.25) is 14.3 Å². The number of thiazole rings is 1. The number of hydrogen-bond acceptors (Lipinski definition) is 5. The lowest BCUT2D eigenvalue weighted by Gasteiger charge is -2.08. The van der Waals surface area contributed by atoms with Crippen LogP contribution in [0.1, 0.15) is 68.3 Å². The molecule has 0 aliphatic rings. The Balaban J connectivity index is 2.10. The summed E-state index contributed by atoms with van der Waals surface area (Å²) in [5, 5.41) is 4.41. The lowest BCUT2D eigenvalue weighted by atomic mass is 10.1. The van der Waals surface area contributed by atoms with Crippen LogP contribution >= 0.6 is 11.3 Å². The highest BCUT2D eigenvalue weighted by atomic mass is 32.1. The molecule has 1 amide bonds. The molecule has 1 aromatic carbocycles. The van der Waals surface area contributed by atoms with E-state index in [9.17, 15) is 9.59 Å². The van der Waals surface area contributed by atoms with Crippen LogP contribution < -0.4 is 4.80 Å². The molecule has 0 spiro atoms. The first-order valence-corrected chi connectivity index (χ1v) is 11.6. The number of unbranched alkanes of at least 4 members (excludes halogenated alkanes) is 1. The van der Waals surface area contributed by atoms with Gasteiger partial charge in [0.2, 0.25) is 0 Å². The highest BCUT2D eigenvalue weighted by molar-refractivity contribution is 7.16. The number of aromatic nitrogens is 3.